The predicted molar refractivity (Wildman–Crippen MR) is 211 cm³/mol. The molecule has 0 aromatic heterocycles. The molecule has 4 aromatic rings. The molecule has 2 unspecified atom stereocenters. The van der Waals surface area contributed by atoms with E-state index in [-0.39, 0.29) is 46.5 Å². The van der Waals surface area contributed by atoms with Crippen molar-refractivity contribution in [2.45, 2.75) is 112 Å². The summed E-state index contributed by atoms with van der Waals surface area (Å²) in [4.78, 5) is 0. The first-order valence-electron chi connectivity index (χ1n) is 18.7. The third-order valence-corrected chi connectivity index (χ3v) is 20.1. The first-order chi connectivity index (χ1) is 22.8. The molecule has 268 valence electrons. The molecule has 3 heteroatoms. The molecule has 2 aliphatic carbocycles. The van der Waals surface area contributed by atoms with Crippen LogP contribution in [0.5, 0.6) is 0 Å². The molecule has 0 spiro atoms. The van der Waals surface area contributed by atoms with Crippen LogP contribution in [-0.2, 0) is 27.4 Å². The SMILES string of the molecule is CC(C)(C)C1=Cc2c(-c3ccc(C(C)(C)C)cc3)cccc2[CH]1[Ti+2]1([CH]2C(C(C)(C)C)=Cc3c(-c4ccc(C(C)(C)C)cc4)cccc32)[CH2][CH2]1.[Cl-].[Cl-]. The molecule has 1 aliphatic heterocycles. The van der Waals surface area contributed by atoms with Crippen LogP contribution in [0.1, 0.15) is 125 Å². The average molecular weight is 754 g/mol. The summed E-state index contributed by atoms with van der Waals surface area (Å²) in [6.07, 6.45) is 5.31. The van der Waals surface area contributed by atoms with E-state index in [0.29, 0.717) is 8.45 Å². The van der Waals surface area contributed by atoms with Crippen molar-refractivity contribution in [1.82, 2.24) is 0 Å². The van der Waals surface area contributed by atoms with E-state index in [0.717, 1.165) is 0 Å². The molecule has 1 saturated heterocycles. The van der Waals surface area contributed by atoms with E-state index in [1.807, 2.05) is 0 Å². The van der Waals surface area contributed by atoms with E-state index in [1.54, 1.807) is 22.3 Å². The van der Waals surface area contributed by atoms with Gasteiger partial charge < -0.3 is 24.8 Å². The van der Waals surface area contributed by atoms with Gasteiger partial charge in [0.25, 0.3) is 0 Å². The average Bonchev–Trinajstić information content (AvgIpc) is 3.52. The van der Waals surface area contributed by atoms with Crippen LogP contribution >= 0.6 is 0 Å². The number of benzene rings is 4. The van der Waals surface area contributed by atoms with Crippen LogP contribution < -0.4 is 24.8 Å². The number of fused-ring (bicyclic) bond motifs is 2. The molecule has 1 heterocycles. The maximum atomic E-state index is 2.65. The fraction of sp³-hybridized carbons (Fsp3) is 0.417. The van der Waals surface area contributed by atoms with E-state index >= 15 is 0 Å². The summed E-state index contributed by atoms with van der Waals surface area (Å²) in [6.45, 7) is 28.6. The van der Waals surface area contributed by atoms with Crippen molar-refractivity contribution in [2.75, 3.05) is 0 Å². The molecule has 4 aromatic carbocycles. The van der Waals surface area contributed by atoms with Crippen molar-refractivity contribution in [3.05, 3.63) is 129 Å². The van der Waals surface area contributed by atoms with E-state index in [9.17, 15) is 0 Å². The van der Waals surface area contributed by atoms with E-state index in [2.05, 4.69) is 180 Å². The largest absolute Gasteiger partial charge is 1.00 e. The molecular formula is C48H58Cl2Ti. The first kappa shape index (κ1) is 39.9. The molecule has 0 N–H and O–H groups in total. The zero-order valence-corrected chi connectivity index (χ0v) is 36.1. The Bertz CT molecular complexity index is 1830. The Labute approximate surface area is 325 Å². The topological polar surface area (TPSA) is 0 Å². The number of halogens is 2. The van der Waals surface area contributed by atoms with Crippen LogP contribution in [-0.4, -0.2) is 0 Å². The van der Waals surface area contributed by atoms with Crippen molar-refractivity contribution >= 4 is 12.2 Å². The van der Waals surface area contributed by atoms with Crippen molar-refractivity contribution in [2.24, 2.45) is 10.8 Å². The summed E-state index contributed by atoms with van der Waals surface area (Å²) >= 11 is -2.61. The minimum absolute atomic E-state index is 0. The van der Waals surface area contributed by atoms with Gasteiger partial charge in [0.1, 0.15) is 0 Å². The van der Waals surface area contributed by atoms with Gasteiger partial charge in [0.15, 0.2) is 0 Å². The smallest absolute Gasteiger partial charge is 1.00 e. The molecule has 0 amide bonds. The summed E-state index contributed by atoms with van der Waals surface area (Å²) in [5.74, 6) is 0. The monoisotopic (exact) mass is 752 g/mol. The van der Waals surface area contributed by atoms with Gasteiger partial charge in [-0.25, -0.2) is 0 Å². The summed E-state index contributed by atoms with van der Waals surface area (Å²) < 4.78 is 4.06. The van der Waals surface area contributed by atoms with E-state index in [4.69, 9.17) is 0 Å². The Kier molecular flexibility index (Phi) is 10.5. The van der Waals surface area contributed by atoms with Crippen LogP contribution in [0.2, 0.25) is 9.45 Å². The maximum Gasteiger partial charge on any atom is -1.00 e. The Hall–Kier alpha value is -2.35. The Morgan fingerprint density at radius 1 is 0.431 bits per heavy atom. The molecule has 0 nitrogen and oxygen atoms in total. The standard InChI is InChI=1S/2C23H27.C2H4.2ClH.Ti/c2*1-22(2,3)18-12-10-16(11-13-18)20-9-7-8-17-14-19(15-21(17)20)23(4,5)6;1-2;;;/h2*7-15H,1-6H3;1-2H2;2*1H;/q;;;;;+2/p-2. The second kappa shape index (κ2) is 13.5. The Morgan fingerprint density at radius 2 is 0.765 bits per heavy atom. The van der Waals surface area contributed by atoms with Gasteiger partial charge in [-0.15, -0.1) is 0 Å². The normalized spacial score (nSPS) is 18.7. The van der Waals surface area contributed by atoms with Crippen LogP contribution in [0.4, 0.5) is 0 Å². The van der Waals surface area contributed by atoms with Crippen molar-refractivity contribution in [3.8, 4) is 22.3 Å². The van der Waals surface area contributed by atoms with Gasteiger partial charge in [-0.05, 0) is 0 Å². The van der Waals surface area contributed by atoms with E-state index in [1.165, 1.54) is 54.0 Å². The second-order valence-electron chi connectivity index (χ2n) is 19.6. The van der Waals surface area contributed by atoms with Gasteiger partial charge in [-0.1, -0.05) is 0 Å². The molecule has 7 rings (SSSR count). The van der Waals surface area contributed by atoms with Crippen molar-refractivity contribution < 1.29 is 41.4 Å². The van der Waals surface area contributed by atoms with Gasteiger partial charge in [-0.3, -0.25) is 0 Å². The molecule has 51 heavy (non-hydrogen) atoms. The summed E-state index contributed by atoms with van der Waals surface area (Å²) in [6, 6.07) is 33.3. The Morgan fingerprint density at radius 3 is 1.04 bits per heavy atom. The van der Waals surface area contributed by atoms with Gasteiger partial charge in [0, 0.05) is 0 Å². The van der Waals surface area contributed by atoms with E-state index < -0.39 is 16.6 Å². The molecule has 0 saturated carbocycles. The predicted octanol–water partition coefficient (Wildman–Crippen LogP) is 8.30. The second-order valence-corrected chi connectivity index (χ2v) is 26.8. The fourth-order valence-corrected chi connectivity index (χ4v) is 19.9. The summed E-state index contributed by atoms with van der Waals surface area (Å²) in [7, 11) is 0. The van der Waals surface area contributed by atoms with Gasteiger partial charge in [-0.2, -0.15) is 0 Å². The minimum Gasteiger partial charge on any atom is -1.00 e. The van der Waals surface area contributed by atoms with Crippen molar-refractivity contribution in [3.63, 3.8) is 0 Å². The zero-order chi connectivity index (χ0) is 35.3. The van der Waals surface area contributed by atoms with Crippen molar-refractivity contribution in [1.29, 1.82) is 0 Å². The molecule has 3 aliphatic rings. The molecule has 1 fully saturated rings. The maximum absolute atomic E-state index is 2.65. The molecular weight excluding hydrogens is 695 g/mol. The first-order valence-corrected chi connectivity index (χ1v) is 22.7. The Balaban J connectivity index is 0.00000252. The number of hydrogen-bond donors (Lipinski definition) is 0. The molecule has 0 radical (unpaired) electrons. The van der Waals surface area contributed by atoms with Gasteiger partial charge in [0.05, 0.1) is 0 Å². The van der Waals surface area contributed by atoms with Crippen LogP contribution in [0.15, 0.2) is 96.1 Å². The van der Waals surface area contributed by atoms with Crippen LogP contribution in [0.25, 0.3) is 34.4 Å². The summed E-state index contributed by atoms with van der Waals surface area (Å²) in [5, 5.41) is 0. The fourth-order valence-electron chi connectivity index (χ4n) is 9.03. The van der Waals surface area contributed by atoms with Crippen LogP contribution in [0, 0.1) is 10.8 Å². The number of rotatable bonds is 4. The number of hydrogen-bond acceptors (Lipinski definition) is 0. The molecule has 0 bridgehead atoms. The zero-order valence-electron chi connectivity index (χ0n) is 33.1. The summed E-state index contributed by atoms with van der Waals surface area (Å²) in [5.41, 5.74) is 18.4. The third kappa shape index (κ3) is 7.06. The van der Waals surface area contributed by atoms with Gasteiger partial charge in [0.2, 0.25) is 0 Å². The van der Waals surface area contributed by atoms with Crippen LogP contribution in [0.3, 0.4) is 0 Å². The van der Waals surface area contributed by atoms with Gasteiger partial charge >= 0.3 is 303 Å². The number of allylic oxidation sites excluding steroid dienone is 2. The minimum atomic E-state index is -2.61. The molecule has 2 atom stereocenters. The quantitative estimate of drug-likeness (QED) is 0.184. The third-order valence-electron chi connectivity index (χ3n) is 12.0.